The highest BCUT2D eigenvalue weighted by Gasteiger charge is 2.42. The molecule has 1 saturated carbocycles. The van der Waals surface area contributed by atoms with Gasteiger partial charge >= 0.3 is 0 Å². The number of benzene rings is 1. The van der Waals surface area contributed by atoms with Gasteiger partial charge in [0.2, 0.25) is 0 Å². The van der Waals surface area contributed by atoms with Crippen LogP contribution < -0.4 is 10.2 Å². The van der Waals surface area contributed by atoms with Gasteiger partial charge in [-0.15, -0.1) is 0 Å². The molecule has 2 fully saturated rings. The van der Waals surface area contributed by atoms with Crippen LogP contribution in [-0.4, -0.2) is 14.7 Å². The van der Waals surface area contributed by atoms with Gasteiger partial charge in [-0.1, -0.05) is 41.3 Å². The molecule has 3 aromatic rings. The number of aromatic nitrogens is 2. The van der Waals surface area contributed by atoms with Crippen molar-refractivity contribution < 1.29 is 0 Å². The Labute approximate surface area is 197 Å². The second-order valence-electron chi connectivity index (χ2n) is 8.56. The van der Waals surface area contributed by atoms with Crippen molar-refractivity contribution in [2.24, 2.45) is 0 Å². The van der Waals surface area contributed by atoms with E-state index in [0.717, 1.165) is 21.0 Å². The van der Waals surface area contributed by atoms with Gasteiger partial charge in [0.1, 0.15) is 6.04 Å². The van der Waals surface area contributed by atoms with E-state index in [2.05, 4.69) is 86.3 Å². The molecule has 0 bridgehead atoms. The summed E-state index contributed by atoms with van der Waals surface area (Å²) in [5.41, 5.74) is 4.62. The van der Waals surface area contributed by atoms with Gasteiger partial charge < -0.3 is 14.8 Å². The highest BCUT2D eigenvalue weighted by Crippen LogP contribution is 2.44. The summed E-state index contributed by atoms with van der Waals surface area (Å²) in [6.45, 7) is 2.12. The number of nitrogens with zero attached hydrogens (tertiary/aromatic N) is 3. The molecular weight excluding hydrogens is 468 g/mol. The first-order chi connectivity index (χ1) is 15.1. The Morgan fingerprint density at radius 3 is 2.65 bits per heavy atom. The third-order valence-corrected chi connectivity index (χ3v) is 7.81. The van der Waals surface area contributed by atoms with Crippen molar-refractivity contribution in [2.45, 2.75) is 57.2 Å². The summed E-state index contributed by atoms with van der Waals surface area (Å²) in [6, 6.07) is 17.6. The summed E-state index contributed by atoms with van der Waals surface area (Å²) in [4.78, 5) is 6.97. The third-order valence-electron chi connectivity index (χ3n) is 6.60. The second kappa shape index (κ2) is 8.75. The van der Waals surface area contributed by atoms with Gasteiger partial charge in [-0.25, -0.2) is 0 Å². The van der Waals surface area contributed by atoms with Crippen LogP contribution in [0.5, 0.6) is 0 Å². The summed E-state index contributed by atoms with van der Waals surface area (Å²) in [5.74, 6) is 0. The average molecular weight is 495 g/mol. The van der Waals surface area contributed by atoms with Crippen molar-refractivity contribution in [3.63, 3.8) is 0 Å². The van der Waals surface area contributed by atoms with E-state index in [1.54, 1.807) is 0 Å². The Kier molecular flexibility index (Phi) is 5.85. The number of anilines is 1. The first-order valence-electron chi connectivity index (χ1n) is 11.1. The van der Waals surface area contributed by atoms with Gasteiger partial charge in [0, 0.05) is 34.3 Å². The summed E-state index contributed by atoms with van der Waals surface area (Å²) >= 11 is 9.53. The van der Waals surface area contributed by atoms with E-state index in [4.69, 9.17) is 17.2 Å². The lowest BCUT2D eigenvalue weighted by atomic mass is 9.94. The molecule has 1 aliphatic carbocycles. The molecule has 160 valence electrons. The summed E-state index contributed by atoms with van der Waals surface area (Å²) in [5, 5.41) is 4.34. The van der Waals surface area contributed by atoms with Gasteiger partial charge in [0.15, 0.2) is 5.11 Å². The van der Waals surface area contributed by atoms with Gasteiger partial charge in [-0.05, 0) is 80.0 Å². The second-order valence-corrected chi connectivity index (χ2v) is 9.80. The summed E-state index contributed by atoms with van der Waals surface area (Å²) in [7, 11) is 0. The molecule has 2 aliphatic rings. The van der Waals surface area contributed by atoms with Gasteiger partial charge in [-0.2, -0.15) is 0 Å². The predicted molar refractivity (Wildman–Crippen MR) is 133 cm³/mol. The van der Waals surface area contributed by atoms with Crippen molar-refractivity contribution in [1.82, 2.24) is 14.9 Å². The van der Waals surface area contributed by atoms with E-state index in [9.17, 15) is 0 Å². The molecule has 1 saturated heterocycles. The van der Waals surface area contributed by atoms with Gasteiger partial charge in [0.25, 0.3) is 0 Å². The molecular formula is C25H27BrN4S. The van der Waals surface area contributed by atoms with Crippen LogP contribution in [0.3, 0.4) is 0 Å². The zero-order valence-electron chi connectivity index (χ0n) is 17.7. The van der Waals surface area contributed by atoms with Crippen LogP contribution in [0, 0.1) is 6.92 Å². The molecule has 31 heavy (non-hydrogen) atoms. The lowest BCUT2D eigenvalue weighted by Crippen LogP contribution is -2.31. The minimum absolute atomic E-state index is 0.00473. The molecule has 0 amide bonds. The monoisotopic (exact) mass is 494 g/mol. The number of aryl methyl sites for hydroxylation is 1. The lowest BCUT2D eigenvalue weighted by molar-refractivity contribution is 0.340. The molecule has 6 heteroatoms. The summed E-state index contributed by atoms with van der Waals surface area (Å²) in [6.07, 6.45) is 10.6. The highest BCUT2D eigenvalue weighted by molar-refractivity contribution is 9.10. The van der Waals surface area contributed by atoms with Gasteiger partial charge in [0.05, 0.1) is 11.7 Å². The Morgan fingerprint density at radius 2 is 1.90 bits per heavy atom. The number of thiocarbonyl (C=S) groups is 1. The first-order valence-corrected chi connectivity index (χ1v) is 12.3. The molecule has 1 aliphatic heterocycles. The number of halogens is 1. The topological polar surface area (TPSA) is 33.1 Å². The van der Waals surface area contributed by atoms with Crippen LogP contribution in [0.25, 0.3) is 0 Å². The van der Waals surface area contributed by atoms with Crippen molar-refractivity contribution in [3.8, 4) is 0 Å². The van der Waals surface area contributed by atoms with Crippen LogP contribution in [0.15, 0.2) is 65.4 Å². The number of hydrogen-bond acceptors (Lipinski definition) is 2. The minimum Gasteiger partial charge on any atom is -0.351 e. The molecule has 0 spiro atoms. The number of hydrogen-bond donors (Lipinski definition) is 1. The van der Waals surface area contributed by atoms with E-state index >= 15 is 0 Å². The van der Waals surface area contributed by atoms with Crippen LogP contribution in [0.1, 0.15) is 67.2 Å². The Hall–Kier alpha value is -2.18. The molecule has 0 radical (unpaired) electrons. The fraction of sp³-hybridized carbons (Fsp3) is 0.360. The predicted octanol–water partition coefficient (Wildman–Crippen LogP) is 6.64. The average Bonchev–Trinajstić information content (AvgIpc) is 3.41. The SMILES string of the molecule is Cc1cc(N2C(=S)N[C@@H](c3ccccn3)[C@@H]2c2cccn2C2CCCCC2)ccc1Br. The maximum Gasteiger partial charge on any atom is 0.174 e. The lowest BCUT2D eigenvalue weighted by Gasteiger charge is -2.32. The molecule has 2 atom stereocenters. The number of nitrogens with one attached hydrogen (secondary N) is 1. The Bertz CT molecular complexity index is 1070. The van der Waals surface area contributed by atoms with Crippen LogP contribution in [-0.2, 0) is 0 Å². The van der Waals surface area contributed by atoms with Crippen molar-refractivity contribution in [3.05, 3.63) is 82.3 Å². The van der Waals surface area contributed by atoms with E-state index in [-0.39, 0.29) is 12.1 Å². The maximum absolute atomic E-state index is 5.89. The normalized spacial score (nSPS) is 22.0. The highest BCUT2D eigenvalue weighted by atomic mass is 79.9. The Morgan fingerprint density at radius 1 is 1.06 bits per heavy atom. The van der Waals surface area contributed by atoms with Crippen LogP contribution >= 0.6 is 28.1 Å². The third kappa shape index (κ3) is 3.92. The van der Waals surface area contributed by atoms with Crippen LogP contribution in [0.4, 0.5) is 5.69 Å². The first kappa shape index (κ1) is 20.7. The zero-order chi connectivity index (χ0) is 21.4. The van der Waals surface area contributed by atoms with E-state index in [1.165, 1.54) is 43.4 Å². The molecule has 3 heterocycles. The standard InChI is InChI=1S/C25H27BrN4S/c1-17-16-19(12-13-20(17)26)30-24(23(28-25(30)31)21-10-5-6-14-27-21)22-11-7-15-29(22)18-8-3-2-4-9-18/h5-7,10-16,18,23-24H,2-4,8-9H2,1H3,(H,28,31)/t23-,24-/m0/s1. The van der Waals surface area contributed by atoms with Crippen molar-refractivity contribution in [2.75, 3.05) is 4.90 Å². The zero-order valence-corrected chi connectivity index (χ0v) is 20.1. The van der Waals surface area contributed by atoms with E-state index < -0.39 is 0 Å². The Balaban J connectivity index is 1.62. The largest absolute Gasteiger partial charge is 0.351 e. The van der Waals surface area contributed by atoms with E-state index in [0.29, 0.717) is 6.04 Å². The maximum atomic E-state index is 5.89. The van der Waals surface area contributed by atoms with Gasteiger partial charge in [-0.3, -0.25) is 4.98 Å². The molecule has 5 rings (SSSR count). The van der Waals surface area contributed by atoms with Crippen molar-refractivity contribution in [1.29, 1.82) is 0 Å². The van der Waals surface area contributed by atoms with Crippen molar-refractivity contribution >= 4 is 38.9 Å². The molecule has 1 N–H and O–H groups in total. The molecule has 0 unspecified atom stereocenters. The number of pyridine rings is 1. The summed E-state index contributed by atoms with van der Waals surface area (Å²) < 4.78 is 3.62. The fourth-order valence-electron chi connectivity index (χ4n) is 5.06. The molecule has 2 aromatic heterocycles. The molecule has 4 nitrogen and oxygen atoms in total. The fourth-order valence-corrected chi connectivity index (χ4v) is 5.65. The quantitative estimate of drug-likeness (QED) is 0.412. The number of rotatable bonds is 4. The smallest absolute Gasteiger partial charge is 0.174 e. The molecule has 1 aromatic carbocycles. The van der Waals surface area contributed by atoms with E-state index in [1.807, 2.05) is 12.3 Å². The van der Waals surface area contributed by atoms with Crippen LogP contribution in [0.2, 0.25) is 0 Å². The minimum atomic E-state index is -0.00473.